The minimum absolute atomic E-state index is 0. The van der Waals surface area contributed by atoms with Crippen LogP contribution in [0.25, 0.3) is 0 Å². The van der Waals surface area contributed by atoms with Gasteiger partial charge in [0.2, 0.25) is 0 Å². The molecule has 0 atom stereocenters. The number of halogens is 6. The second kappa shape index (κ2) is 22.9. The van der Waals surface area contributed by atoms with Crippen molar-refractivity contribution in [3.05, 3.63) is 24.3 Å². The first-order valence-corrected chi connectivity index (χ1v) is 10.1. The van der Waals surface area contributed by atoms with Crippen LogP contribution in [0.5, 0.6) is 0 Å². The van der Waals surface area contributed by atoms with E-state index in [1.807, 2.05) is 0 Å². The molecule has 0 unspecified atom stereocenters. The maximum absolute atomic E-state index is 10.7. The molecule has 1 aliphatic rings. The van der Waals surface area contributed by atoms with E-state index in [9.17, 15) is 26.3 Å². The Balaban J connectivity index is -0.0000000499. The van der Waals surface area contributed by atoms with Gasteiger partial charge in [0.05, 0.1) is 6.07 Å². The van der Waals surface area contributed by atoms with Crippen LogP contribution in [0, 0.1) is 17.2 Å². The Hall–Kier alpha value is -1.52. The van der Waals surface area contributed by atoms with Gasteiger partial charge >= 0.3 is 30.8 Å². The Kier molecular flexibility index (Phi) is 35.6. The summed E-state index contributed by atoms with van der Waals surface area (Å²) in [6, 6.07) is 2.16. The maximum atomic E-state index is 10.7. The molecule has 1 aliphatic carbocycles. The Morgan fingerprint density at radius 1 is 0.886 bits per heavy atom. The minimum Gasteiger partial charge on any atom is -0.741 e. The van der Waals surface area contributed by atoms with Gasteiger partial charge in [0.25, 0.3) is 0 Å². The van der Waals surface area contributed by atoms with Gasteiger partial charge < -0.3 is 39.9 Å². The molecule has 22 heteroatoms. The molecule has 0 amide bonds. The van der Waals surface area contributed by atoms with E-state index in [0.717, 1.165) is 18.7 Å². The third-order valence-corrected chi connectivity index (χ3v) is 3.72. The Bertz CT molecular complexity index is 815. The van der Waals surface area contributed by atoms with Crippen LogP contribution in [0.3, 0.4) is 0 Å². The second-order valence-corrected chi connectivity index (χ2v) is 7.61. The van der Waals surface area contributed by atoms with Gasteiger partial charge in [0.1, 0.15) is 6.54 Å². The monoisotopic (exact) mass is 750 g/mol. The molecule has 0 radical (unpaired) electrons. The molecule has 0 saturated carbocycles. The Labute approximate surface area is 212 Å². The molecule has 0 aromatic heterocycles. The van der Waals surface area contributed by atoms with Gasteiger partial charge in [-0.15, -0.1) is 0 Å². The topological polar surface area (TPSA) is 327 Å². The molecule has 35 heavy (non-hydrogen) atoms. The van der Waals surface area contributed by atoms with E-state index >= 15 is 0 Å². The van der Waals surface area contributed by atoms with Crippen molar-refractivity contribution in [2.24, 2.45) is 5.92 Å². The minimum atomic E-state index is -6.09. The fraction of sp³-hybridized carbons (Fsp3) is 0.538. The van der Waals surface area contributed by atoms with Crippen LogP contribution in [0.15, 0.2) is 24.3 Å². The molecule has 0 bridgehead atoms. The summed E-state index contributed by atoms with van der Waals surface area (Å²) in [5, 5.41) is 8.42. The van der Waals surface area contributed by atoms with E-state index in [1.54, 1.807) is 0 Å². The van der Waals surface area contributed by atoms with Crippen molar-refractivity contribution in [1.29, 1.82) is 5.26 Å². The number of nitrogens with one attached hydrogen (secondary N) is 1. The molecule has 0 fully saturated rings. The predicted molar refractivity (Wildman–Crippen MR) is 110 cm³/mol. The molecule has 0 saturated heterocycles. The SMILES string of the molecule is CC[NH+]=C1C=CC(CCC#N)C=C1.N.N.N.N.N.O=S(=O)([O-])C(F)(F)F.O=S(=O)([O-])C(F)(F)F.[Os+2]. The van der Waals surface area contributed by atoms with Crippen LogP contribution in [-0.4, -0.2) is 49.2 Å². The summed E-state index contributed by atoms with van der Waals surface area (Å²) in [7, 11) is -12.2. The number of nitriles is 1. The molecule has 0 aromatic rings. The van der Waals surface area contributed by atoms with E-state index in [-0.39, 0.29) is 50.5 Å². The van der Waals surface area contributed by atoms with Crippen molar-refractivity contribution < 1.29 is 77.1 Å². The van der Waals surface area contributed by atoms with Gasteiger partial charge in [-0.05, 0) is 19.3 Å². The first kappa shape index (κ1) is 54.4. The third-order valence-electron chi connectivity index (χ3n) is 2.58. The number of alkyl halides is 6. The summed E-state index contributed by atoms with van der Waals surface area (Å²) < 4.78 is 118. The Morgan fingerprint density at radius 2 is 1.17 bits per heavy atom. The molecule has 0 aromatic carbocycles. The second-order valence-electron chi connectivity index (χ2n) is 4.86. The zero-order valence-electron chi connectivity index (χ0n) is 18.4. The van der Waals surface area contributed by atoms with Crippen molar-refractivity contribution in [1.82, 2.24) is 30.8 Å². The average Bonchev–Trinajstić information content (AvgIpc) is 2.52. The van der Waals surface area contributed by atoms with E-state index in [2.05, 4.69) is 42.3 Å². The summed E-state index contributed by atoms with van der Waals surface area (Å²) in [6.45, 7) is 3.03. The average molecular weight is 749 g/mol. The van der Waals surface area contributed by atoms with Crippen molar-refractivity contribution in [3.63, 3.8) is 0 Å². The summed E-state index contributed by atoms with van der Waals surface area (Å²) >= 11 is 0. The van der Waals surface area contributed by atoms with Gasteiger partial charge in [-0.3, -0.25) is 0 Å². The standard InChI is InChI=1S/C11H14N2.2CHF3O3S.5H3N.Os/c1-2-13-11-7-5-10(6-8-11)4-3-9-12;2*2-1(3,4)8(5,6)7;;;;;;/h5-8,10H,2-4H2,1H3;2*(H,5,6,7);5*1H3;/q;;;;;;;;+2/p-1. The maximum Gasteiger partial charge on any atom is 2.00 e. The molecular weight excluding hydrogens is 719 g/mol. The van der Waals surface area contributed by atoms with E-state index in [0.29, 0.717) is 12.3 Å². The van der Waals surface area contributed by atoms with Crippen LogP contribution in [0.2, 0.25) is 0 Å². The Morgan fingerprint density at radius 3 is 1.37 bits per heavy atom. The zero-order chi connectivity index (χ0) is 23.5. The smallest absolute Gasteiger partial charge is 0.741 e. The largest absolute Gasteiger partial charge is 2.00 e. The van der Waals surface area contributed by atoms with Gasteiger partial charge in [0, 0.05) is 18.6 Å². The van der Waals surface area contributed by atoms with Crippen LogP contribution < -0.4 is 35.7 Å². The first-order valence-electron chi connectivity index (χ1n) is 7.25. The molecular formula is C13H30F6N7O6OsS2+. The van der Waals surface area contributed by atoms with E-state index in [4.69, 9.17) is 31.2 Å². The zero-order valence-corrected chi connectivity index (χ0v) is 22.6. The molecule has 0 heterocycles. The van der Waals surface area contributed by atoms with Gasteiger partial charge in [0.15, 0.2) is 25.9 Å². The van der Waals surface area contributed by atoms with Crippen molar-refractivity contribution in [2.45, 2.75) is 30.8 Å². The number of hydrogen-bond donors (Lipinski definition) is 6. The molecule has 13 nitrogen and oxygen atoms in total. The van der Waals surface area contributed by atoms with Crippen molar-refractivity contribution in [3.8, 4) is 6.07 Å². The third kappa shape index (κ3) is 26.9. The van der Waals surface area contributed by atoms with Crippen molar-refractivity contribution in [2.75, 3.05) is 6.54 Å². The molecule has 214 valence electrons. The quantitative estimate of drug-likeness (QED) is 0.136. The van der Waals surface area contributed by atoms with Crippen LogP contribution >= 0.6 is 0 Å². The molecule has 1 rings (SSSR count). The summed E-state index contributed by atoms with van der Waals surface area (Å²) in [4.78, 5) is 3.24. The summed E-state index contributed by atoms with van der Waals surface area (Å²) in [5.41, 5.74) is -10.1. The fourth-order valence-electron chi connectivity index (χ4n) is 1.32. The predicted octanol–water partition coefficient (Wildman–Crippen LogP) is 1.48. The van der Waals surface area contributed by atoms with Gasteiger partial charge in [-0.1, -0.05) is 12.2 Å². The normalized spacial score (nSPS) is 13.8. The molecule has 16 N–H and O–H groups in total. The van der Waals surface area contributed by atoms with Crippen LogP contribution in [0.4, 0.5) is 26.3 Å². The molecule has 0 spiro atoms. The van der Waals surface area contributed by atoms with Gasteiger partial charge in [-0.25, -0.2) is 21.8 Å². The number of nitrogens with zero attached hydrogens (tertiary/aromatic N) is 1. The first-order chi connectivity index (χ1) is 12.9. The van der Waals surface area contributed by atoms with Crippen LogP contribution in [0.1, 0.15) is 19.8 Å². The van der Waals surface area contributed by atoms with Crippen molar-refractivity contribution >= 4 is 25.9 Å². The number of hydrogen-bond acceptors (Lipinski definition) is 12. The summed E-state index contributed by atoms with van der Waals surface area (Å²) in [6.07, 6.45) is 10.0. The van der Waals surface area contributed by atoms with Crippen LogP contribution in [-0.2, 0) is 40.0 Å². The summed E-state index contributed by atoms with van der Waals surface area (Å²) in [5.74, 6) is 0.446. The fourth-order valence-corrected chi connectivity index (χ4v) is 1.32. The van der Waals surface area contributed by atoms with E-state index < -0.39 is 31.3 Å². The van der Waals surface area contributed by atoms with E-state index in [1.165, 1.54) is 0 Å². The number of rotatable bonds is 3. The molecule has 0 aliphatic heterocycles. The number of allylic oxidation sites excluding steroid dienone is 4. The van der Waals surface area contributed by atoms with Gasteiger partial charge in [-0.2, -0.15) is 31.6 Å².